The second-order valence-electron chi connectivity index (χ2n) is 4.18. The molecule has 0 heterocycles. The van der Waals surface area contributed by atoms with Gasteiger partial charge in [-0.25, -0.2) is 17.2 Å². The third-order valence-electron chi connectivity index (χ3n) is 2.62. The monoisotopic (exact) mass is 299 g/mol. The lowest BCUT2D eigenvalue weighted by atomic mass is 10.2. The van der Waals surface area contributed by atoms with E-state index in [0.717, 1.165) is 18.2 Å². The first-order chi connectivity index (χ1) is 9.29. The Labute approximate surface area is 114 Å². The van der Waals surface area contributed by atoms with Gasteiger partial charge in [-0.1, -0.05) is 6.07 Å². The summed E-state index contributed by atoms with van der Waals surface area (Å²) in [5.74, 6) is -1.85. The van der Waals surface area contributed by atoms with Crippen molar-refractivity contribution in [2.75, 3.05) is 4.72 Å². The summed E-state index contributed by atoms with van der Waals surface area (Å²) in [5.41, 5.74) is -0.417. The van der Waals surface area contributed by atoms with Crippen LogP contribution < -0.4 is 4.72 Å². The maximum absolute atomic E-state index is 13.6. The standard InChI is InChI=1S/C13H11F2NO3S/c1-8-5-12(15)13(7-11(8)14)16-20(18,19)10-4-2-3-9(17)6-10/h2-7,16-17H,1H3. The topological polar surface area (TPSA) is 66.4 Å². The minimum Gasteiger partial charge on any atom is -0.508 e. The summed E-state index contributed by atoms with van der Waals surface area (Å²) in [6, 6.07) is 6.52. The minimum absolute atomic E-state index is 0.0720. The number of hydrogen-bond donors (Lipinski definition) is 2. The van der Waals surface area contributed by atoms with E-state index in [9.17, 15) is 22.3 Å². The fraction of sp³-hybridized carbons (Fsp3) is 0.0769. The van der Waals surface area contributed by atoms with Gasteiger partial charge in [0.1, 0.15) is 17.4 Å². The molecule has 7 heteroatoms. The van der Waals surface area contributed by atoms with E-state index in [1.165, 1.54) is 25.1 Å². The number of aromatic hydroxyl groups is 1. The fourth-order valence-corrected chi connectivity index (χ4v) is 2.68. The van der Waals surface area contributed by atoms with Crippen LogP contribution in [0, 0.1) is 18.6 Å². The molecule has 0 atom stereocenters. The summed E-state index contributed by atoms with van der Waals surface area (Å²) in [6.07, 6.45) is 0. The van der Waals surface area contributed by atoms with Crippen LogP contribution in [0.4, 0.5) is 14.5 Å². The Morgan fingerprint density at radius 1 is 1.10 bits per heavy atom. The molecule has 0 aliphatic heterocycles. The van der Waals surface area contributed by atoms with Gasteiger partial charge in [0.25, 0.3) is 10.0 Å². The van der Waals surface area contributed by atoms with Gasteiger partial charge in [-0.05, 0) is 30.7 Å². The number of hydrogen-bond acceptors (Lipinski definition) is 3. The third kappa shape index (κ3) is 2.88. The van der Waals surface area contributed by atoms with Gasteiger partial charge in [0.05, 0.1) is 10.6 Å². The first-order valence-electron chi connectivity index (χ1n) is 5.57. The van der Waals surface area contributed by atoms with Crippen molar-refractivity contribution in [3.05, 3.63) is 53.6 Å². The molecule has 106 valence electrons. The SMILES string of the molecule is Cc1cc(F)c(NS(=O)(=O)c2cccc(O)c2)cc1F. The van der Waals surface area contributed by atoms with Gasteiger partial charge >= 0.3 is 0 Å². The average molecular weight is 299 g/mol. The summed E-state index contributed by atoms with van der Waals surface area (Å²) in [7, 11) is -4.10. The lowest BCUT2D eigenvalue weighted by molar-refractivity contribution is 0.473. The first-order valence-corrected chi connectivity index (χ1v) is 7.05. The number of phenolic OH excluding ortho intramolecular Hbond substituents is 1. The highest BCUT2D eigenvalue weighted by Gasteiger charge is 2.18. The van der Waals surface area contributed by atoms with Crippen molar-refractivity contribution in [3.63, 3.8) is 0 Å². The van der Waals surface area contributed by atoms with Gasteiger partial charge in [0, 0.05) is 12.1 Å². The van der Waals surface area contributed by atoms with Gasteiger partial charge in [-0.3, -0.25) is 4.72 Å². The quantitative estimate of drug-likeness (QED) is 0.916. The highest BCUT2D eigenvalue weighted by atomic mass is 32.2. The minimum atomic E-state index is -4.10. The van der Waals surface area contributed by atoms with Crippen LogP contribution in [0.3, 0.4) is 0 Å². The summed E-state index contributed by atoms with van der Waals surface area (Å²) in [4.78, 5) is -0.252. The lowest BCUT2D eigenvalue weighted by Gasteiger charge is -2.10. The maximum atomic E-state index is 13.6. The number of anilines is 1. The summed E-state index contributed by atoms with van der Waals surface area (Å²) < 4.78 is 52.9. The largest absolute Gasteiger partial charge is 0.508 e. The molecule has 0 saturated heterocycles. The summed E-state index contributed by atoms with van der Waals surface area (Å²) in [6.45, 7) is 1.37. The highest BCUT2D eigenvalue weighted by Crippen LogP contribution is 2.23. The van der Waals surface area contributed by atoms with Crippen molar-refractivity contribution < 1.29 is 22.3 Å². The maximum Gasteiger partial charge on any atom is 0.262 e. The number of sulfonamides is 1. The molecule has 2 aromatic rings. The molecule has 20 heavy (non-hydrogen) atoms. The highest BCUT2D eigenvalue weighted by molar-refractivity contribution is 7.92. The Hall–Kier alpha value is -2.15. The van der Waals surface area contributed by atoms with Gasteiger partial charge in [-0.2, -0.15) is 0 Å². The molecule has 0 radical (unpaired) electrons. The third-order valence-corrected chi connectivity index (χ3v) is 3.98. The van der Waals surface area contributed by atoms with Crippen LogP contribution in [0.15, 0.2) is 41.3 Å². The molecule has 0 fully saturated rings. The molecule has 0 saturated carbocycles. The predicted molar refractivity (Wildman–Crippen MR) is 70.0 cm³/mol. The van der Waals surface area contributed by atoms with Crippen molar-refractivity contribution in [1.29, 1.82) is 0 Å². The molecule has 2 N–H and O–H groups in total. The van der Waals surface area contributed by atoms with E-state index in [1.54, 1.807) is 0 Å². The molecule has 0 aliphatic rings. The molecule has 0 unspecified atom stereocenters. The number of aryl methyl sites for hydroxylation is 1. The van der Waals surface area contributed by atoms with Crippen molar-refractivity contribution in [2.24, 2.45) is 0 Å². The van der Waals surface area contributed by atoms with Crippen LogP contribution in [-0.2, 0) is 10.0 Å². The number of benzene rings is 2. The first kappa shape index (κ1) is 14.3. The predicted octanol–water partition coefficient (Wildman–Crippen LogP) is 2.78. The van der Waals surface area contributed by atoms with Crippen molar-refractivity contribution in [3.8, 4) is 5.75 Å². The van der Waals surface area contributed by atoms with Gasteiger partial charge < -0.3 is 5.11 Å². The number of nitrogens with one attached hydrogen (secondary N) is 1. The Kier molecular flexibility index (Phi) is 3.63. The number of phenols is 1. The normalized spacial score (nSPS) is 11.3. The van der Waals surface area contributed by atoms with Gasteiger partial charge in [0.15, 0.2) is 0 Å². The van der Waals surface area contributed by atoms with E-state index in [1.807, 2.05) is 4.72 Å². The van der Waals surface area contributed by atoms with Crippen molar-refractivity contribution in [2.45, 2.75) is 11.8 Å². The van der Waals surface area contributed by atoms with Crippen LogP contribution in [0.1, 0.15) is 5.56 Å². The van der Waals surface area contributed by atoms with Crippen LogP contribution in [0.2, 0.25) is 0 Å². The van der Waals surface area contributed by atoms with E-state index in [4.69, 9.17) is 0 Å². The molecular formula is C13H11F2NO3S. The van der Waals surface area contributed by atoms with Gasteiger partial charge in [0.2, 0.25) is 0 Å². The zero-order chi connectivity index (χ0) is 14.9. The Bertz CT molecular complexity index is 760. The zero-order valence-electron chi connectivity index (χ0n) is 10.4. The molecule has 0 bridgehead atoms. The van der Waals surface area contributed by atoms with Crippen molar-refractivity contribution >= 4 is 15.7 Å². The van der Waals surface area contributed by atoms with Gasteiger partial charge in [-0.15, -0.1) is 0 Å². The molecular weight excluding hydrogens is 288 g/mol. The molecule has 2 aromatic carbocycles. The van der Waals surface area contributed by atoms with E-state index >= 15 is 0 Å². The molecule has 2 rings (SSSR count). The van der Waals surface area contributed by atoms with E-state index in [2.05, 4.69) is 0 Å². The van der Waals surface area contributed by atoms with Crippen molar-refractivity contribution in [1.82, 2.24) is 0 Å². The molecule has 0 amide bonds. The average Bonchev–Trinajstić information content (AvgIpc) is 2.36. The summed E-state index contributed by atoms with van der Waals surface area (Å²) in [5, 5.41) is 9.25. The lowest BCUT2D eigenvalue weighted by Crippen LogP contribution is -2.14. The number of rotatable bonds is 3. The molecule has 0 aliphatic carbocycles. The Morgan fingerprint density at radius 3 is 2.45 bits per heavy atom. The molecule has 0 aromatic heterocycles. The van der Waals surface area contributed by atoms with Crippen LogP contribution >= 0.6 is 0 Å². The molecule has 0 spiro atoms. The van der Waals surface area contributed by atoms with E-state index in [-0.39, 0.29) is 16.2 Å². The smallest absolute Gasteiger partial charge is 0.262 e. The Balaban J connectivity index is 2.41. The fourth-order valence-electron chi connectivity index (χ4n) is 1.58. The van der Waals surface area contributed by atoms with Crippen LogP contribution in [0.25, 0.3) is 0 Å². The number of halogens is 2. The van der Waals surface area contributed by atoms with Crippen LogP contribution in [0.5, 0.6) is 5.75 Å². The van der Waals surface area contributed by atoms with E-state index < -0.39 is 27.3 Å². The van der Waals surface area contributed by atoms with Crippen LogP contribution in [-0.4, -0.2) is 13.5 Å². The second kappa shape index (κ2) is 5.09. The second-order valence-corrected chi connectivity index (χ2v) is 5.87. The molecule has 4 nitrogen and oxygen atoms in total. The zero-order valence-corrected chi connectivity index (χ0v) is 11.2. The summed E-state index contributed by atoms with van der Waals surface area (Å²) >= 11 is 0. The Morgan fingerprint density at radius 2 is 1.80 bits per heavy atom. The van der Waals surface area contributed by atoms with E-state index in [0.29, 0.717) is 0 Å².